The maximum absolute atomic E-state index is 13.9. The van der Waals surface area contributed by atoms with E-state index in [1.807, 2.05) is 60.5 Å². The Bertz CT molecular complexity index is 1460. The monoisotopic (exact) mass is 626 g/mol. The fraction of sp³-hybridized carbons (Fsp3) is 0.314. The topological polar surface area (TPSA) is 78.7 Å². The van der Waals surface area contributed by atoms with Crippen molar-refractivity contribution in [2.45, 2.75) is 37.3 Å². The number of nitrogens with zero attached hydrogens (tertiary/aromatic N) is 2. The van der Waals surface area contributed by atoms with E-state index in [1.165, 1.54) is 11.1 Å². The number of hydrogen-bond acceptors (Lipinski definition) is 4. The molecule has 3 N–H and O–H groups in total. The summed E-state index contributed by atoms with van der Waals surface area (Å²) in [5, 5.41) is 5.72. The molecule has 4 aromatic carbocycles. The molecule has 2 amide bonds. The number of halogens is 1. The summed E-state index contributed by atoms with van der Waals surface area (Å²) in [6.07, 6.45) is 2.18. The van der Waals surface area contributed by atoms with Crippen LogP contribution in [0.3, 0.4) is 0 Å². The first-order valence-corrected chi connectivity index (χ1v) is 15.5. The van der Waals surface area contributed by atoms with E-state index in [4.69, 9.17) is 5.73 Å². The molecular weight excluding hydrogens is 588 g/mol. The zero-order chi connectivity index (χ0) is 29.5. The summed E-state index contributed by atoms with van der Waals surface area (Å²) in [5.41, 5.74) is 8.90. The van der Waals surface area contributed by atoms with Gasteiger partial charge in [-0.05, 0) is 72.0 Å². The zero-order valence-corrected chi connectivity index (χ0v) is 25.7. The second-order valence-corrected chi connectivity index (χ2v) is 12.1. The third kappa shape index (κ3) is 7.27. The second kappa shape index (κ2) is 14.1. The SMILES string of the molecule is CN(CC1CCN(CC(c2ccccc2)c2ccccc2)C(=O)C(CCCN)N1)C(=O)c1ccc2cc(Br)ccc2c1. The fourth-order valence-electron chi connectivity index (χ4n) is 5.91. The lowest BCUT2D eigenvalue weighted by atomic mass is 9.90. The highest BCUT2D eigenvalue weighted by Gasteiger charge is 2.33. The molecule has 1 heterocycles. The van der Waals surface area contributed by atoms with Gasteiger partial charge in [0.2, 0.25) is 5.91 Å². The van der Waals surface area contributed by atoms with Gasteiger partial charge < -0.3 is 20.9 Å². The largest absolute Gasteiger partial charge is 0.340 e. The summed E-state index contributed by atoms with van der Waals surface area (Å²) in [5.74, 6) is 0.152. The molecule has 0 spiro atoms. The molecule has 1 fully saturated rings. The molecule has 0 aliphatic carbocycles. The first kappa shape index (κ1) is 30.0. The molecule has 5 rings (SSSR count). The predicted molar refractivity (Wildman–Crippen MR) is 174 cm³/mol. The highest BCUT2D eigenvalue weighted by molar-refractivity contribution is 9.10. The summed E-state index contributed by atoms with van der Waals surface area (Å²) in [6.45, 7) is 2.27. The maximum Gasteiger partial charge on any atom is 0.253 e. The van der Waals surface area contributed by atoms with Crippen molar-refractivity contribution in [2.75, 3.05) is 33.2 Å². The summed E-state index contributed by atoms with van der Waals surface area (Å²) in [4.78, 5) is 31.2. The Labute approximate surface area is 257 Å². The van der Waals surface area contributed by atoms with Crippen molar-refractivity contribution in [3.63, 3.8) is 0 Å². The number of benzene rings is 4. The lowest BCUT2D eigenvalue weighted by Gasteiger charge is -2.29. The average Bonchev–Trinajstić information content (AvgIpc) is 3.16. The van der Waals surface area contributed by atoms with Crippen LogP contribution < -0.4 is 11.1 Å². The Hall–Kier alpha value is -3.52. The van der Waals surface area contributed by atoms with Gasteiger partial charge in [-0.2, -0.15) is 0 Å². The van der Waals surface area contributed by atoms with Crippen LogP contribution in [-0.4, -0.2) is 66.9 Å². The second-order valence-electron chi connectivity index (χ2n) is 11.2. The zero-order valence-electron chi connectivity index (χ0n) is 24.1. The summed E-state index contributed by atoms with van der Waals surface area (Å²) in [7, 11) is 1.84. The van der Waals surface area contributed by atoms with Gasteiger partial charge in [-0.1, -0.05) is 88.7 Å². The predicted octanol–water partition coefficient (Wildman–Crippen LogP) is 5.80. The molecule has 1 saturated heterocycles. The van der Waals surface area contributed by atoms with E-state index in [0.717, 1.165) is 28.1 Å². The number of likely N-dealkylation sites (N-methyl/N-ethyl adjacent to an activating group) is 1. The molecule has 2 atom stereocenters. The van der Waals surface area contributed by atoms with E-state index < -0.39 is 0 Å². The number of nitrogens with two attached hydrogens (primary N) is 1. The number of hydrogen-bond donors (Lipinski definition) is 2. The standard InChI is InChI=1S/C35H39BrN4O2/c1-39(34(41)29-15-14-28-22-30(36)17-16-27(28)21-29)23-31-18-20-40(35(42)33(38-31)13-8-19-37)24-32(25-9-4-2-5-10-25)26-11-6-3-7-12-26/h2-7,9-12,14-17,21-22,31-33,38H,8,13,18-20,23-24,37H2,1H3. The molecule has 42 heavy (non-hydrogen) atoms. The summed E-state index contributed by atoms with van der Waals surface area (Å²) >= 11 is 3.51. The first-order chi connectivity index (χ1) is 20.4. The normalized spacial score (nSPS) is 17.4. The molecule has 1 aliphatic rings. The molecule has 0 bridgehead atoms. The third-order valence-electron chi connectivity index (χ3n) is 8.19. The Morgan fingerprint density at radius 1 is 0.976 bits per heavy atom. The maximum atomic E-state index is 13.9. The van der Waals surface area contributed by atoms with Gasteiger partial charge in [-0.25, -0.2) is 0 Å². The van der Waals surface area contributed by atoms with Gasteiger partial charge in [0.25, 0.3) is 5.91 Å². The summed E-state index contributed by atoms with van der Waals surface area (Å²) in [6, 6.07) is 32.3. The number of amides is 2. The van der Waals surface area contributed by atoms with E-state index >= 15 is 0 Å². The van der Waals surface area contributed by atoms with Crippen LogP contribution in [0.4, 0.5) is 0 Å². The number of carbonyl (C=O) groups excluding carboxylic acids is 2. The molecule has 4 aromatic rings. The lowest BCUT2D eigenvalue weighted by molar-refractivity contribution is -0.133. The van der Waals surface area contributed by atoms with Crippen LogP contribution in [0, 0.1) is 0 Å². The van der Waals surface area contributed by atoms with E-state index in [-0.39, 0.29) is 29.8 Å². The summed E-state index contributed by atoms with van der Waals surface area (Å²) < 4.78 is 1.01. The van der Waals surface area contributed by atoms with Crippen molar-refractivity contribution in [2.24, 2.45) is 5.73 Å². The lowest BCUT2D eigenvalue weighted by Crippen LogP contribution is -2.49. The van der Waals surface area contributed by atoms with Gasteiger partial charge >= 0.3 is 0 Å². The molecule has 2 unspecified atom stereocenters. The Morgan fingerprint density at radius 3 is 2.29 bits per heavy atom. The van der Waals surface area contributed by atoms with Crippen LogP contribution >= 0.6 is 15.9 Å². The first-order valence-electron chi connectivity index (χ1n) is 14.7. The molecule has 0 saturated carbocycles. The molecule has 6 nitrogen and oxygen atoms in total. The molecule has 1 aliphatic heterocycles. The van der Waals surface area contributed by atoms with Crippen molar-refractivity contribution in [1.82, 2.24) is 15.1 Å². The van der Waals surface area contributed by atoms with E-state index in [1.54, 1.807) is 4.90 Å². The Balaban J connectivity index is 1.32. The van der Waals surface area contributed by atoms with Crippen molar-refractivity contribution < 1.29 is 9.59 Å². The molecule has 0 aromatic heterocycles. The smallest absolute Gasteiger partial charge is 0.253 e. The number of nitrogens with one attached hydrogen (secondary N) is 1. The van der Waals surface area contributed by atoms with Crippen LogP contribution in [0.15, 0.2) is 102 Å². The highest BCUT2D eigenvalue weighted by Crippen LogP contribution is 2.27. The van der Waals surface area contributed by atoms with E-state index in [0.29, 0.717) is 38.2 Å². The van der Waals surface area contributed by atoms with Crippen LogP contribution in [0.2, 0.25) is 0 Å². The quantitative estimate of drug-likeness (QED) is 0.233. The number of carbonyl (C=O) groups is 2. The average molecular weight is 628 g/mol. The van der Waals surface area contributed by atoms with Crippen LogP contribution in [0.1, 0.15) is 46.7 Å². The van der Waals surface area contributed by atoms with Gasteiger partial charge in [0, 0.05) is 48.7 Å². The van der Waals surface area contributed by atoms with Crippen molar-refractivity contribution in [3.8, 4) is 0 Å². The fourth-order valence-corrected chi connectivity index (χ4v) is 6.29. The van der Waals surface area contributed by atoms with Crippen LogP contribution in [-0.2, 0) is 4.79 Å². The van der Waals surface area contributed by atoms with Gasteiger partial charge in [0.1, 0.15) is 0 Å². The number of rotatable bonds is 10. The van der Waals surface area contributed by atoms with Crippen molar-refractivity contribution in [3.05, 3.63) is 118 Å². The molecule has 218 valence electrons. The Kier molecular flexibility index (Phi) is 10.1. The minimum absolute atomic E-state index is 0.0148. The number of fused-ring (bicyclic) bond motifs is 1. The van der Waals surface area contributed by atoms with E-state index in [9.17, 15) is 9.59 Å². The molecule has 0 radical (unpaired) electrons. The van der Waals surface area contributed by atoms with Gasteiger partial charge in [-0.15, -0.1) is 0 Å². The van der Waals surface area contributed by atoms with Gasteiger partial charge in [0.05, 0.1) is 6.04 Å². The molecular formula is C35H39BrN4O2. The van der Waals surface area contributed by atoms with Gasteiger partial charge in [-0.3, -0.25) is 9.59 Å². The van der Waals surface area contributed by atoms with Crippen molar-refractivity contribution >= 4 is 38.5 Å². The van der Waals surface area contributed by atoms with E-state index in [2.05, 4.69) is 69.8 Å². The van der Waals surface area contributed by atoms with Gasteiger partial charge in [0.15, 0.2) is 0 Å². The third-order valence-corrected chi connectivity index (χ3v) is 8.68. The van der Waals surface area contributed by atoms with Crippen LogP contribution in [0.5, 0.6) is 0 Å². The van der Waals surface area contributed by atoms with Crippen LogP contribution in [0.25, 0.3) is 10.8 Å². The molecule has 7 heteroatoms. The minimum Gasteiger partial charge on any atom is -0.340 e. The van der Waals surface area contributed by atoms with Crippen molar-refractivity contribution in [1.29, 1.82) is 0 Å². The highest BCUT2D eigenvalue weighted by atomic mass is 79.9. The minimum atomic E-state index is -0.337. The Morgan fingerprint density at radius 2 is 1.62 bits per heavy atom.